The second-order valence-corrected chi connectivity index (χ2v) is 5.67. The van der Waals surface area contributed by atoms with E-state index in [9.17, 15) is 0 Å². The molecule has 5 nitrogen and oxygen atoms in total. The minimum atomic E-state index is 0.483. The zero-order chi connectivity index (χ0) is 14.8. The van der Waals surface area contributed by atoms with Crippen LogP contribution in [-0.4, -0.2) is 20.9 Å². The van der Waals surface area contributed by atoms with Crippen molar-refractivity contribution in [2.45, 2.75) is 39.9 Å². The van der Waals surface area contributed by atoms with Gasteiger partial charge in [0.1, 0.15) is 11.4 Å². The Labute approximate surface area is 123 Å². The van der Waals surface area contributed by atoms with E-state index in [1.54, 1.807) is 0 Å². The van der Waals surface area contributed by atoms with Crippen LogP contribution in [0.1, 0.15) is 30.8 Å². The molecule has 0 saturated heterocycles. The van der Waals surface area contributed by atoms with Gasteiger partial charge in [0.25, 0.3) is 0 Å². The quantitative estimate of drug-likeness (QED) is 0.782. The number of hydrogen-bond acceptors (Lipinski definition) is 4. The topological polar surface area (TPSA) is 55.9 Å². The first-order valence-corrected chi connectivity index (χ1v) is 7.22. The van der Waals surface area contributed by atoms with E-state index < -0.39 is 0 Å². The van der Waals surface area contributed by atoms with Crippen LogP contribution in [0.5, 0.6) is 0 Å². The van der Waals surface area contributed by atoms with Gasteiger partial charge in [-0.25, -0.2) is 4.63 Å². The molecule has 1 N–H and O–H groups in total. The minimum Gasteiger partial charge on any atom is -0.341 e. The molecule has 2 heterocycles. The van der Waals surface area contributed by atoms with Crippen LogP contribution in [-0.2, 0) is 13.1 Å². The van der Waals surface area contributed by atoms with Crippen LogP contribution in [0, 0.1) is 6.92 Å². The summed E-state index contributed by atoms with van der Waals surface area (Å²) in [7, 11) is 0. The van der Waals surface area contributed by atoms with Crippen molar-refractivity contribution in [1.82, 2.24) is 20.2 Å². The van der Waals surface area contributed by atoms with Gasteiger partial charge in [-0.3, -0.25) is 0 Å². The van der Waals surface area contributed by atoms with Crippen LogP contribution >= 0.6 is 0 Å². The first kappa shape index (κ1) is 13.8. The third-order valence-electron chi connectivity index (χ3n) is 3.62. The monoisotopic (exact) mass is 284 g/mol. The highest BCUT2D eigenvalue weighted by Crippen LogP contribution is 2.19. The second kappa shape index (κ2) is 5.69. The maximum atomic E-state index is 4.77. The summed E-state index contributed by atoms with van der Waals surface area (Å²) in [4.78, 5) is 0. The van der Waals surface area contributed by atoms with E-state index in [1.165, 1.54) is 16.5 Å². The number of benzene rings is 1. The molecular formula is C16H20N4O. The molecule has 0 saturated carbocycles. The molecule has 0 spiro atoms. The molecule has 0 aliphatic heterocycles. The Bertz CT molecular complexity index is 742. The number of aromatic nitrogens is 3. The van der Waals surface area contributed by atoms with Crippen molar-refractivity contribution in [1.29, 1.82) is 0 Å². The predicted molar refractivity (Wildman–Crippen MR) is 82.1 cm³/mol. The maximum absolute atomic E-state index is 4.77. The lowest BCUT2D eigenvalue weighted by atomic mass is 10.1. The highest BCUT2D eigenvalue weighted by Gasteiger charge is 2.08. The number of hydrogen-bond donors (Lipinski definition) is 1. The molecule has 0 unspecified atom stereocenters. The number of nitrogens with one attached hydrogen (secondary N) is 1. The Balaban J connectivity index is 1.89. The van der Waals surface area contributed by atoms with Gasteiger partial charge in [0.05, 0.1) is 6.54 Å². The van der Waals surface area contributed by atoms with Crippen LogP contribution in [0.2, 0.25) is 0 Å². The van der Waals surface area contributed by atoms with Crippen molar-refractivity contribution in [3.8, 4) is 0 Å². The van der Waals surface area contributed by atoms with Gasteiger partial charge in [0, 0.05) is 24.3 Å². The Kier molecular flexibility index (Phi) is 3.75. The molecule has 0 fully saturated rings. The van der Waals surface area contributed by atoms with Gasteiger partial charge in [0.15, 0.2) is 0 Å². The molecular weight excluding hydrogens is 264 g/mol. The zero-order valence-corrected chi connectivity index (χ0v) is 12.6. The molecule has 0 aliphatic rings. The third kappa shape index (κ3) is 2.97. The van der Waals surface area contributed by atoms with Gasteiger partial charge in [-0.05, 0) is 30.0 Å². The Hall–Kier alpha value is -2.14. The number of aryl methyl sites for hydroxylation is 1. The first-order chi connectivity index (χ1) is 10.1. The highest BCUT2D eigenvalue weighted by atomic mass is 16.6. The minimum absolute atomic E-state index is 0.483. The van der Waals surface area contributed by atoms with Gasteiger partial charge in [-0.2, -0.15) is 0 Å². The summed E-state index contributed by atoms with van der Waals surface area (Å²) in [6.45, 7) is 7.78. The van der Waals surface area contributed by atoms with Crippen molar-refractivity contribution in [3.05, 3.63) is 47.4 Å². The van der Waals surface area contributed by atoms with E-state index in [0.717, 1.165) is 17.9 Å². The Morgan fingerprint density at radius 1 is 1.24 bits per heavy atom. The van der Waals surface area contributed by atoms with E-state index in [2.05, 4.69) is 64.5 Å². The molecule has 21 heavy (non-hydrogen) atoms. The van der Waals surface area contributed by atoms with Crippen molar-refractivity contribution in [2.75, 3.05) is 0 Å². The molecule has 0 aliphatic carbocycles. The lowest BCUT2D eigenvalue weighted by Crippen LogP contribution is -2.21. The predicted octanol–water partition coefficient (Wildman–Crippen LogP) is 2.88. The van der Waals surface area contributed by atoms with E-state index in [1.807, 2.05) is 6.92 Å². The fourth-order valence-corrected chi connectivity index (χ4v) is 2.35. The highest BCUT2D eigenvalue weighted by molar-refractivity contribution is 5.80. The maximum Gasteiger partial charge on any atom is 0.127 e. The van der Waals surface area contributed by atoms with Gasteiger partial charge >= 0.3 is 0 Å². The molecule has 2 aromatic heterocycles. The molecule has 0 atom stereocenters. The van der Waals surface area contributed by atoms with Crippen LogP contribution < -0.4 is 5.32 Å². The average Bonchev–Trinajstić information content (AvgIpc) is 3.04. The summed E-state index contributed by atoms with van der Waals surface area (Å²) >= 11 is 0. The van der Waals surface area contributed by atoms with Crippen LogP contribution in [0.3, 0.4) is 0 Å². The molecule has 0 radical (unpaired) electrons. The average molecular weight is 284 g/mol. The van der Waals surface area contributed by atoms with E-state index in [4.69, 9.17) is 4.63 Å². The fraction of sp³-hybridized carbons (Fsp3) is 0.375. The molecule has 1 aromatic carbocycles. The normalized spacial score (nSPS) is 11.6. The Morgan fingerprint density at radius 2 is 2.10 bits per heavy atom. The summed E-state index contributed by atoms with van der Waals surface area (Å²) in [6, 6.07) is 9.17. The smallest absolute Gasteiger partial charge is 0.127 e. The lowest BCUT2D eigenvalue weighted by Gasteiger charge is -2.09. The summed E-state index contributed by atoms with van der Waals surface area (Å²) in [5, 5.41) is 12.5. The number of nitrogens with zero attached hydrogens (tertiary/aromatic N) is 3. The van der Waals surface area contributed by atoms with Crippen LogP contribution in [0.15, 0.2) is 35.1 Å². The van der Waals surface area contributed by atoms with Crippen molar-refractivity contribution in [3.63, 3.8) is 0 Å². The molecule has 0 amide bonds. The van der Waals surface area contributed by atoms with Gasteiger partial charge in [0.2, 0.25) is 0 Å². The molecule has 110 valence electrons. The summed E-state index contributed by atoms with van der Waals surface area (Å²) in [6.07, 6.45) is 2.08. The summed E-state index contributed by atoms with van der Waals surface area (Å²) in [5.74, 6) is 0. The Morgan fingerprint density at radius 3 is 2.81 bits per heavy atom. The van der Waals surface area contributed by atoms with Crippen LogP contribution in [0.4, 0.5) is 0 Å². The van der Waals surface area contributed by atoms with E-state index in [-0.39, 0.29) is 0 Å². The SMILES string of the molecule is Cc1nonc1Cn1ccc2ccc(CNC(C)C)cc21. The van der Waals surface area contributed by atoms with Crippen molar-refractivity contribution in [2.24, 2.45) is 0 Å². The molecule has 3 aromatic rings. The van der Waals surface area contributed by atoms with Crippen molar-refractivity contribution >= 4 is 10.9 Å². The van der Waals surface area contributed by atoms with Gasteiger partial charge < -0.3 is 9.88 Å². The second-order valence-electron chi connectivity index (χ2n) is 5.67. The van der Waals surface area contributed by atoms with Gasteiger partial charge in [-0.1, -0.05) is 36.3 Å². The van der Waals surface area contributed by atoms with E-state index >= 15 is 0 Å². The molecule has 5 heteroatoms. The fourth-order valence-electron chi connectivity index (χ4n) is 2.35. The standard InChI is InChI=1S/C16H20N4O/c1-11(2)17-9-13-4-5-14-6-7-20(16(14)8-13)10-15-12(3)18-21-19-15/h4-8,11,17H,9-10H2,1-3H3. The number of fused-ring (bicyclic) bond motifs is 1. The summed E-state index contributed by atoms with van der Waals surface area (Å²) in [5.41, 5.74) is 4.21. The summed E-state index contributed by atoms with van der Waals surface area (Å²) < 4.78 is 6.95. The van der Waals surface area contributed by atoms with Gasteiger partial charge in [-0.15, -0.1) is 0 Å². The van der Waals surface area contributed by atoms with E-state index in [0.29, 0.717) is 12.6 Å². The first-order valence-electron chi connectivity index (χ1n) is 7.22. The van der Waals surface area contributed by atoms with Crippen molar-refractivity contribution < 1.29 is 4.63 Å². The largest absolute Gasteiger partial charge is 0.341 e. The number of rotatable bonds is 5. The third-order valence-corrected chi connectivity index (χ3v) is 3.62. The van der Waals surface area contributed by atoms with Crippen LogP contribution in [0.25, 0.3) is 10.9 Å². The molecule has 3 rings (SSSR count). The zero-order valence-electron chi connectivity index (χ0n) is 12.6. The molecule has 0 bridgehead atoms. The lowest BCUT2D eigenvalue weighted by molar-refractivity contribution is 0.300.